The largest absolute Gasteiger partial charge is 0.458 e. The van der Waals surface area contributed by atoms with Gasteiger partial charge in [0, 0.05) is 42.7 Å². The maximum Gasteiger partial charge on any atom is 0.329 e. The number of nitrogens with zero attached hydrogens (tertiary/aromatic N) is 2. The average Bonchev–Trinajstić information content (AvgIpc) is 3.52. The minimum atomic E-state index is -0.843. The zero-order chi connectivity index (χ0) is 29.6. The summed E-state index contributed by atoms with van der Waals surface area (Å²) >= 11 is 0. The van der Waals surface area contributed by atoms with Crippen molar-refractivity contribution in [2.75, 3.05) is 19.6 Å². The number of carbonyl (C=O) groups is 3. The molecule has 3 aromatic rings. The fraction of sp³-hybridized carbons (Fsp3) is 0.469. The van der Waals surface area contributed by atoms with Crippen LogP contribution in [0.1, 0.15) is 64.0 Å². The molecule has 1 aliphatic heterocycles. The van der Waals surface area contributed by atoms with Crippen LogP contribution in [0.15, 0.2) is 60.8 Å². The molecule has 1 fully saturated rings. The van der Waals surface area contributed by atoms with E-state index in [9.17, 15) is 14.4 Å². The van der Waals surface area contributed by atoms with Crippen molar-refractivity contribution in [2.45, 2.75) is 77.1 Å². The van der Waals surface area contributed by atoms with Crippen molar-refractivity contribution in [2.24, 2.45) is 5.73 Å². The van der Waals surface area contributed by atoms with Crippen LogP contribution < -0.4 is 11.1 Å². The molecule has 3 amide bonds. The average molecular weight is 562 g/mol. The number of H-pyrrole nitrogens is 1. The summed E-state index contributed by atoms with van der Waals surface area (Å²) in [5.74, 6) is -1.21. The molecule has 2 aromatic carbocycles. The lowest BCUT2D eigenvalue weighted by molar-refractivity contribution is -0.159. The first-order valence-corrected chi connectivity index (χ1v) is 14.5. The van der Waals surface area contributed by atoms with E-state index in [0.717, 1.165) is 28.5 Å². The van der Waals surface area contributed by atoms with E-state index in [-0.39, 0.29) is 17.9 Å². The summed E-state index contributed by atoms with van der Waals surface area (Å²) < 4.78 is 5.65. The summed E-state index contributed by atoms with van der Waals surface area (Å²) in [4.78, 5) is 47.8. The molecular formula is C32H43N5O4. The van der Waals surface area contributed by atoms with E-state index in [4.69, 9.17) is 10.5 Å². The molecule has 1 saturated heterocycles. The maximum atomic E-state index is 14.2. The summed E-state index contributed by atoms with van der Waals surface area (Å²) in [6.07, 6.45) is 3.70. The van der Waals surface area contributed by atoms with Crippen molar-refractivity contribution in [3.8, 4) is 0 Å². The van der Waals surface area contributed by atoms with Crippen molar-refractivity contribution >= 4 is 28.8 Å². The Morgan fingerprint density at radius 1 is 1.05 bits per heavy atom. The second-order valence-electron chi connectivity index (χ2n) is 11.8. The number of nitrogens with one attached hydrogen (secondary N) is 2. The number of para-hydroxylation sites is 1. The van der Waals surface area contributed by atoms with Crippen molar-refractivity contribution in [3.05, 3.63) is 71.9 Å². The lowest BCUT2D eigenvalue weighted by Gasteiger charge is -2.33. The number of unbranched alkanes of at least 4 members (excludes halogenated alkanes) is 1. The SMILES string of the molecule is C[C@@H](c1c[nH]c2ccccc12)[C@H](C(=O)N[C@H](CCCCN)C(=O)OC(C)(C)C)N1CCN(Cc2ccccc2)C1=O. The molecule has 9 nitrogen and oxygen atoms in total. The zero-order valence-electron chi connectivity index (χ0n) is 24.6. The summed E-state index contributed by atoms with van der Waals surface area (Å²) in [6, 6.07) is 15.9. The van der Waals surface area contributed by atoms with Crippen LogP contribution in [0, 0.1) is 0 Å². The molecule has 0 spiro atoms. The highest BCUT2D eigenvalue weighted by molar-refractivity contribution is 5.93. The molecule has 0 unspecified atom stereocenters. The highest BCUT2D eigenvalue weighted by Crippen LogP contribution is 2.32. The first kappa shape index (κ1) is 30.1. The van der Waals surface area contributed by atoms with E-state index < -0.39 is 23.7 Å². The van der Waals surface area contributed by atoms with Crippen LogP contribution in [0.3, 0.4) is 0 Å². The molecule has 220 valence electrons. The third-order valence-corrected chi connectivity index (χ3v) is 7.49. The number of fused-ring (bicyclic) bond motifs is 1. The van der Waals surface area contributed by atoms with Crippen molar-refractivity contribution in [1.82, 2.24) is 20.1 Å². The van der Waals surface area contributed by atoms with Gasteiger partial charge in [-0.2, -0.15) is 0 Å². The van der Waals surface area contributed by atoms with E-state index in [1.807, 2.05) is 67.7 Å². The van der Waals surface area contributed by atoms with Gasteiger partial charge < -0.3 is 30.6 Å². The second-order valence-corrected chi connectivity index (χ2v) is 11.8. The fourth-order valence-corrected chi connectivity index (χ4v) is 5.46. The Morgan fingerprint density at radius 3 is 2.46 bits per heavy atom. The number of hydrogen-bond donors (Lipinski definition) is 3. The van der Waals surface area contributed by atoms with Crippen molar-refractivity contribution in [1.29, 1.82) is 0 Å². The molecule has 4 N–H and O–H groups in total. The quantitative estimate of drug-likeness (QED) is 0.222. The van der Waals surface area contributed by atoms with E-state index in [2.05, 4.69) is 10.3 Å². The number of carbonyl (C=O) groups excluding carboxylic acids is 3. The molecule has 41 heavy (non-hydrogen) atoms. The highest BCUT2D eigenvalue weighted by atomic mass is 16.6. The number of aromatic amines is 1. The number of ether oxygens (including phenoxy) is 1. The maximum absolute atomic E-state index is 14.2. The number of esters is 1. The molecule has 9 heteroatoms. The Hall–Kier alpha value is -3.85. The van der Waals surface area contributed by atoms with Gasteiger partial charge >= 0.3 is 12.0 Å². The van der Waals surface area contributed by atoms with Crippen LogP contribution in [-0.4, -0.2) is 70.0 Å². The molecule has 0 aliphatic carbocycles. The van der Waals surface area contributed by atoms with Gasteiger partial charge in [-0.3, -0.25) is 4.79 Å². The number of nitrogens with two attached hydrogens (primary N) is 1. The Kier molecular flexibility index (Phi) is 9.70. The van der Waals surface area contributed by atoms with Gasteiger partial charge in [-0.1, -0.05) is 55.5 Å². The summed E-state index contributed by atoms with van der Waals surface area (Å²) in [5.41, 5.74) is 7.91. The van der Waals surface area contributed by atoms with Gasteiger partial charge in [0.05, 0.1) is 0 Å². The van der Waals surface area contributed by atoms with E-state index >= 15 is 0 Å². The van der Waals surface area contributed by atoms with Crippen LogP contribution >= 0.6 is 0 Å². The molecule has 4 rings (SSSR count). The van der Waals surface area contributed by atoms with Gasteiger partial charge in [-0.25, -0.2) is 9.59 Å². The number of benzene rings is 2. The fourth-order valence-electron chi connectivity index (χ4n) is 5.46. The molecular weight excluding hydrogens is 518 g/mol. The monoisotopic (exact) mass is 561 g/mol. The topological polar surface area (TPSA) is 121 Å². The highest BCUT2D eigenvalue weighted by Gasteiger charge is 2.42. The Balaban J connectivity index is 1.63. The molecule has 0 radical (unpaired) electrons. The molecule has 1 aromatic heterocycles. The Bertz CT molecular complexity index is 1330. The van der Waals surface area contributed by atoms with Crippen LogP contribution in [0.2, 0.25) is 0 Å². The first-order chi connectivity index (χ1) is 19.6. The predicted octanol–water partition coefficient (Wildman–Crippen LogP) is 4.53. The van der Waals surface area contributed by atoms with E-state index in [1.165, 1.54) is 0 Å². The number of amides is 3. The van der Waals surface area contributed by atoms with Crippen LogP contribution in [-0.2, 0) is 20.9 Å². The van der Waals surface area contributed by atoms with Crippen molar-refractivity contribution in [3.63, 3.8) is 0 Å². The van der Waals surface area contributed by atoms with Crippen LogP contribution in [0.25, 0.3) is 10.9 Å². The van der Waals surface area contributed by atoms with Gasteiger partial charge in [0.15, 0.2) is 0 Å². The number of rotatable bonds is 12. The van der Waals surface area contributed by atoms with Gasteiger partial charge in [0.1, 0.15) is 17.7 Å². The normalized spacial score (nSPS) is 16.1. The summed E-state index contributed by atoms with van der Waals surface area (Å²) in [6.45, 7) is 9.23. The molecule has 1 aliphatic rings. The van der Waals surface area contributed by atoms with Gasteiger partial charge in [0.25, 0.3) is 0 Å². The lowest BCUT2D eigenvalue weighted by Crippen LogP contribution is -2.55. The lowest BCUT2D eigenvalue weighted by atomic mass is 9.91. The van der Waals surface area contributed by atoms with Crippen molar-refractivity contribution < 1.29 is 19.1 Å². The number of aromatic nitrogens is 1. The first-order valence-electron chi connectivity index (χ1n) is 14.5. The number of hydrogen-bond acceptors (Lipinski definition) is 5. The zero-order valence-corrected chi connectivity index (χ0v) is 24.6. The third kappa shape index (κ3) is 7.47. The standard InChI is InChI=1S/C32H43N5O4/c1-22(25-20-34-26-15-9-8-14-24(25)26)28(37-19-18-36(31(37)40)21-23-12-6-5-7-13-23)29(38)35-27(16-10-11-17-33)30(39)41-32(2,3)4/h5-9,12-15,20,22,27-28,34H,10-11,16-19,21,33H2,1-4H3,(H,35,38)/t22-,27+,28+/m0/s1. The Labute approximate surface area is 242 Å². The Morgan fingerprint density at radius 2 is 1.76 bits per heavy atom. The molecule has 2 heterocycles. The summed E-state index contributed by atoms with van der Waals surface area (Å²) in [5, 5.41) is 3.97. The number of urea groups is 1. The van der Waals surface area contributed by atoms with Gasteiger partial charge in [-0.15, -0.1) is 0 Å². The van der Waals surface area contributed by atoms with E-state index in [0.29, 0.717) is 39.0 Å². The van der Waals surface area contributed by atoms with Gasteiger partial charge in [0.2, 0.25) is 5.91 Å². The molecule has 0 saturated carbocycles. The minimum absolute atomic E-state index is 0.197. The van der Waals surface area contributed by atoms with Crippen LogP contribution in [0.4, 0.5) is 4.79 Å². The summed E-state index contributed by atoms with van der Waals surface area (Å²) in [7, 11) is 0. The smallest absolute Gasteiger partial charge is 0.329 e. The third-order valence-electron chi connectivity index (χ3n) is 7.49. The molecule has 3 atom stereocenters. The second kappa shape index (κ2) is 13.2. The van der Waals surface area contributed by atoms with E-state index in [1.54, 1.807) is 30.6 Å². The predicted molar refractivity (Wildman–Crippen MR) is 160 cm³/mol. The van der Waals surface area contributed by atoms with Crippen LogP contribution in [0.5, 0.6) is 0 Å². The minimum Gasteiger partial charge on any atom is -0.458 e. The molecule has 0 bridgehead atoms. The van der Waals surface area contributed by atoms with Gasteiger partial charge in [-0.05, 0) is 63.8 Å².